The highest BCUT2D eigenvalue weighted by molar-refractivity contribution is 9.10. The van der Waals surface area contributed by atoms with E-state index in [2.05, 4.69) is 22.0 Å². The number of halogens is 1. The van der Waals surface area contributed by atoms with Gasteiger partial charge in [0.25, 0.3) is 0 Å². The number of nitrogens with zero attached hydrogens (tertiary/aromatic N) is 1. The first kappa shape index (κ1) is 12.0. The van der Waals surface area contributed by atoms with Gasteiger partial charge in [0.2, 0.25) is 0 Å². The molecule has 84 valence electrons. The molecule has 0 radical (unpaired) electrons. The molecule has 1 aromatic carbocycles. The molecule has 0 unspecified atom stereocenters. The molecule has 1 aromatic rings. The van der Waals surface area contributed by atoms with Crippen LogP contribution >= 0.6 is 27.7 Å². The molecule has 0 bridgehead atoms. The molecule has 0 N–H and O–H groups in total. The van der Waals surface area contributed by atoms with E-state index in [1.54, 1.807) is 0 Å². The Morgan fingerprint density at radius 3 is 2.75 bits per heavy atom. The standard InChI is InChI=1S/C12H12BrNOS/c13-12-7-11(2-1-9(12)8-14)16-10-3-5-15-6-4-10/h1-2,7,10H,3-6H2. The first-order valence-corrected chi connectivity index (χ1v) is 6.91. The van der Waals surface area contributed by atoms with Crippen molar-refractivity contribution >= 4 is 27.7 Å². The van der Waals surface area contributed by atoms with Crippen molar-refractivity contribution in [1.82, 2.24) is 0 Å². The van der Waals surface area contributed by atoms with E-state index >= 15 is 0 Å². The van der Waals surface area contributed by atoms with Crippen LogP contribution in [0.15, 0.2) is 27.6 Å². The van der Waals surface area contributed by atoms with Crippen molar-refractivity contribution in [2.24, 2.45) is 0 Å². The zero-order valence-electron chi connectivity index (χ0n) is 8.78. The van der Waals surface area contributed by atoms with Gasteiger partial charge in [0.1, 0.15) is 6.07 Å². The van der Waals surface area contributed by atoms with Crippen molar-refractivity contribution in [3.8, 4) is 6.07 Å². The monoisotopic (exact) mass is 297 g/mol. The summed E-state index contributed by atoms with van der Waals surface area (Å²) in [7, 11) is 0. The summed E-state index contributed by atoms with van der Waals surface area (Å²) in [5, 5.41) is 9.47. The van der Waals surface area contributed by atoms with Gasteiger partial charge in [0.05, 0.1) is 5.56 Å². The normalized spacial score (nSPS) is 17.0. The van der Waals surface area contributed by atoms with Crippen LogP contribution in [0, 0.1) is 11.3 Å². The third-order valence-corrected chi connectivity index (χ3v) is 4.52. The van der Waals surface area contributed by atoms with E-state index in [1.165, 1.54) is 4.90 Å². The van der Waals surface area contributed by atoms with Crippen LogP contribution in [0.25, 0.3) is 0 Å². The maximum atomic E-state index is 8.83. The molecule has 1 aliphatic heterocycles. The molecule has 1 heterocycles. The van der Waals surface area contributed by atoms with Crippen LogP contribution in [0.5, 0.6) is 0 Å². The van der Waals surface area contributed by atoms with Crippen LogP contribution in [0.4, 0.5) is 0 Å². The molecule has 0 aromatic heterocycles. The summed E-state index contributed by atoms with van der Waals surface area (Å²) in [6, 6.07) is 8.06. The van der Waals surface area contributed by atoms with Crippen LogP contribution in [0.1, 0.15) is 18.4 Å². The zero-order chi connectivity index (χ0) is 11.4. The minimum Gasteiger partial charge on any atom is -0.381 e. The van der Waals surface area contributed by atoms with Gasteiger partial charge < -0.3 is 4.74 Å². The lowest BCUT2D eigenvalue weighted by atomic mass is 10.2. The Labute approximate surface area is 108 Å². The fraction of sp³-hybridized carbons (Fsp3) is 0.417. The molecular weight excluding hydrogens is 286 g/mol. The Balaban J connectivity index is 2.04. The third kappa shape index (κ3) is 3.00. The second-order valence-electron chi connectivity index (χ2n) is 3.68. The molecule has 1 fully saturated rings. The Hall–Kier alpha value is -0.500. The highest BCUT2D eigenvalue weighted by Crippen LogP contribution is 2.32. The summed E-state index contributed by atoms with van der Waals surface area (Å²) in [5.41, 5.74) is 0.691. The number of ether oxygens (including phenoxy) is 1. The van der Waals surface area contributed by atoms with Gasteiger partial charge >= 0.3 is 0 Å². The van der Waals surface area contributed by atoms with Crippen LogP contribution in [0.2, 0.25) is 0 Å². The molecule has 1 saturated heterocycles. The molecular formula is C12H12BrNOS. The van der Waals surface area contributed by atoms with Crippen LogP contribution in [-0.2, 0) is 4.74 Å². The molecule has 0 saturated carbocycles. The van der Waals surface area contributed by atoms with Crippen molar-refractivity contribution in [2.75, 3.05) is 13.2 Å². The SMILES string of the molecule is N#Cc1ccc(SC2CCOCC2)cc1Br. The lowest BCUT2D eigenvalue weighted by Gasteiger charge is -2.21. The van der Waals surface area contributed by atoms with E-state index in [0.717, 1.165) is 30.5 Å². The van der Waals surface area contributed by atoms with Crippen molar-refractivity contribution in [3.05, 3.63) is 28.2 Å². The quantitative estimate of drug-likeness (QED) is 0.836. The first-order valence-electron chi connectivity index (χ1n) is 5.23. The number of hydrogen-bond acceptors (Lipinski definition) is 3. The Morgan fingerprint density at radius 2 is 2.12 bits per heavy atom. The average molecular weight is 298 g/mol. The van der Waals surface area contributed by atoms with Crippen LogP contribution in [0.3, 0.4) is 0 Å². The topological polar surface area (TPSA) is 33.0 Å². The second-order valence-corrected chi connectivity index (χ2v) is 5.91. The third-order valence-electron chi connectivity index (χ3n) is 2.53. The van der Waals surface area contributed by atoms with Crippen LogP contribution in [-0.4, -0.2) is 18.5 Å². The second kappa shape index (κ2) is 5.72. The summed E-state index contributed by atoms with van der Waals surface area (Å²) in [5.74, 6) is 0. The number of hydrogen-bond donors (Lipinski definition) is 0. The molecule has 2 rings (SSSR count). The molecule has 0 amide bonds. The fourth-order valence-corrected chi connectivity index (χ4v) is 3.41. The lowest BCUT2D eigenvalue weighted by Crippen LogP contribution is -2.17. The van der Waals surface area contributed by atoms with Gasteiger partial charge in [0.15, 0.2) is 0 Å². The summed E-state index contributed by atoms with van der Waals surface area (Å²) < 4.78 is 6.21. The maximum Gasteiger partial charge on any atom is 0.100 e. The number of nitriles is 1. The lowest BCUT2D eigenvalue weighted by molar-refractivity contribution is 0.100. The van der Waals surface area contributed by atoms with E-state index in [0.29, 0.717) is 10.8 Å². The predicted octanol–water partition coefficient (Wildman–Crippen LogP) is 3.59. The zero-order valence-corrected chi connectivity index (χ0v) is 11.2. The van der Waals surface area contributed by atoms with Crippen molar-refractivity contribution in [3.63, 3.8) is 0 Å². The van der Waals surface area contributed by atoms with Crippen molar-refractivity contribution < 1.29 is 4.74 Å². The molecule has 0 spiro atoms. The summed E-state index contributed by atoms with van der Waals surface area (Å²) in [4.78, 5) is 1.22. The molecule has 4 heteroatoms. The highest BCUT2D eigenvalue weighted by atomic mass is 79.9. The van der Waals surface area contributed by atoms with E-state index in [1.807, 2.05) is 30.0 Å². The Morgan fingerprint density at radius 1 is 1.38 bits per heavy atom. The average Bonchev–Trinajstić information content (AvgIpc) is 2.31. The number of rotatable bonds is 2. The van der Waals surface area contributed by atoms with E-state index in [4.69, 9.17) is 10.00 Å². The highest BCUT2D eigenvalue weighted by Gasteiger charge is 2.15. The molecule has 0 aliphatic carbocycles. The van der Waals surface area contributed by atoms with E-state index in [-0.39, 0.29) is 0 Å². The summed E-state index contributed by atoms with van der Waals surface area (Å²) in [6.07, 6.45) is 2.23. The van der Waals surface area contributed by atoms with Gasteiger partial charge in [-0.25, -0.2) is 0 Å². The van der Waals surface area contributed by atoms with Gasteiger partial charge in [-0.3, -0.25) is 0 Å². The molecule has 16 heavy (non-hydrogen) atoms. The van der Waals surface area contributed by atoms with Crippen molar-refractivity contribution in [2.45, 2.75) is 23.0 Å². The first-order chi connectivity index (χ1) is 7.79. The minimum atomic E-state index is 0.647. The largest absolute Gasteiger partial charge is 0.381 e. The van der Waals surface area contributed by atoms with Crippen molar-refractivity contribution in [1.29, 1.82) is 5.26 Å². The molecule has 0 atom stereocenters. The fourth-order valence-electron chi connectivity index (χ4n) is 1.65. The minimum absolute atomic E-state index is 0.647. The summed E-state index contributed by atoms with van der Waals surface area (Å²) >= 11 is 5.29. The van der Waals surface area contributed by atoms with Gasteiger partial charge in [-0.05, 0) is 47.0 Å². The van der Waals surface area contributed by atoms with E-state index < -0.39 is 0 Å². The molecule has 1 aliphatic rings. The maximum absolute atomic E-state index is 8.83. The van der Waals surface area contributed by atoms with Crippen LogP contribution < -0.4 is 0 Å². The van der Waals surface area contributed by atoms with Gasteiger partial charge in [-0.2, -0.15) is 5.26 Å². The smallest absolute Gasteiger partial charge is 0.100 e. The number of thioether (sulfide) groups is 1. The van der Waals surface area contributed by atoms with E-state index in [9.17, 15) is 0 Å². The van der Waals surface area contributed by atoms with Gasteiger partial charge in [-0.15, -0.1) is 11.8 Å². The Bertz CT molecular complexity index is 410. The number of benzene rings is 1. The van der Waals surface area contributed by atoms with Gasteiger partial charge in [0, 0.05) is 27.8 Å². The van der Waals surface area contributed by atoms with Gasteiger partial charge in [-0.1, -0.05) is 0 Å². The Kier molecular flexibility index (Phi) is 4.28. The summed E-state index contributed by atoms with van der Waals surface area (Å²) in [6.45, 7) is 1.74. The molecule has 2 nitrogen and oxygen atoms in total. The predicted molar refractivity (Wildman–Crippen MR) is 68.6 cm³/mol.